The van der Waals surface area contributed by atoms with Gasteiger partial charge in [-0.3, -0.25) is 0 Å². The Balaban J connectivity index is 1.81. The van der Waals surface area contributed by atoms with Crippen molar-refractivity contribution in [2.45, 2.75) is 19.4 Å². The quantitative estimate of drug-likeness (QED) is 0.658. The van der Waals surface area contributed by atoms with Gasteiger partial charge in [-0.2, -0.15) is 0 Å². The van der Waals surface area contributed by atoms with Crippen molar-refractivity contribution in [3.63, 3.8) is 0 Å². The molecule has 0 saturated heterocycles. The van der Waals surface area contributed by atoms with Crippen LogP contribution in [0.15, 0.2) is 60.7 Å². The molecule has 0 aromatic heterocycles. The predicted molar refractivity (Wildman–Crippen MR) is 85.2 cm³/mol. The number of hydrogen-bond acceptors (Lipinski definition) is 1. The van der Waals surface area contributed by atoms with E-state index in [9.17, 15) is 0 Å². The number of hydrogen-bond donors (Lipinski definition) is 1. The number of benzene rings is 3. The fraction of sp³-hybridized carbons (Fsp3) is 0.158. The Morgan fingerprint density at radius 1 is 0.900 bits per heavy atom. The van der Waals surface area contributed by atoms with E-state index >= 15 is 0 Å². The topological polar surface area (TPSA) is 12.0 Å². The summed E-state index contributed by atoms with van der Waals surface area (Å²) < 4.78 is 0. The van der Waals surface area contributed by atoms with Crippen LogP contribution >= 0.6 is 0 Å². The molecule has 1 nitrogen and oxygen atoms in total. The molecule has 0 amide bonds. The average molecular weight is 259 g/mol. The molecule has 1 N–H and O–H groups in total. The van der Waals surface area contributed by atoms with Gasteiger partial charge < -0.3 is 5.32 Å². The van der Waals surface area contributed by atoms with Gasteiger partial charge in [0.25, 0.3) is 0 Å². The molecule has 0 fully saturated rings. The highest BCUT2D eigenvalue weighted by molar-refractivity contribution is 5.96. The Bertz CT molecular complexity index is 789. The minimum absolute atomic E-state index is 0.400. The second kappa shape index (κ2) is 4.38. The van der Waals surface area contributed by atoms with Crippen molar-refractivity contribution in [3.8, 4) is 0 Å². The minimum atomic E-state index is 0.400. The van der Waals surface area contributed by atoms with E-state index in [1.54, 1.807) is 0 Å². The predicted octanol–water partition coefficient (Wildman–Crippen LogP) is 4.86. The lowest BCUT2D eigenvalue weighted by molar-refractivity contribution is 0.816. The van der Waals surface area contributed by atoms with Crippen LogP contribution < -0.4 is 5.32 Å². The second-order valence-corrected chi connectivity index (χ2v) is 5.58. The summed E-state index contributed by atoms with van der Waals surface area (Å²) in [6.45, 7) is 2.19. The zero-order valence-electron chi connectivity index (χ0n) is 11.6. The van der Waals surface area contributed by atoms with Crippen molar-refractivity contribution >= 4 is 16.5 Å². The molecule has 1 heterocycles. The van der Waals surface area contributed by atoms with Crippen molar-refractivity contribution in [2.24, 2.45) is 0 Å². The minimum Gasteiger partial charge on any atom is -0.377 e. The van der Waals surface area contributed by atoms with Crippen LogP contribution in [0, 0.1) is 6.92 Å². The van der Waals surface area contributed by atoms with Crippen LogP contribution in [0.25, 0.3) is 10.8 Å². The van der Waals surface area contributed by atoms with Gasteiger partial charge in [0, 0.05) is 11.1 Å². The Labute approximate surface area is 119 Å². The second-order valence-electron chi connectivity index (χ2n) is 5.58. The summed E-state index contributed by atoms with van der Waals surface area (Å²) in [5, 5.41) is 6.38. The van der Waals surface area contributed by atoms with Crippen molar-refractivity contribution in [2.75, 3.05) is 5.32 Å². The SMILES string of the molecule is Cc1ccccc1C1Cc2ccc3ccccc3c2N1. The molecule has 1 aliphatic heterocycles. The van der Waals surface area contributed by atoms with Gasteiger partial charge in [-0.25, -0.2) is 0 Å². The van der Waals surface area contributed by atoms with E-state index < -0.39 is 0 Å². The summed E-state index contributed by atoms with van der Waals surface area (Å²) in [5.74, 6) is 0. The van der Waals surface area contributed by atoms with Crippen molar-refractivity contribution < 1.29 is 0 Å². The highest BCUT2D eigenvalue weighted by Gasteiger charge is 2.24. The van der Waals surface area contributed by atoms with E-state index in [1.165, 1.54) is 33.2 Å². The van der Waals surface area contributed by atoms with Crippen LogP contribution in [-0.2, 0) is 6.42 Å². The van der Waals surface area contributed by atoms with Crippen LogP contribution in [0.1, 0.15) is 22.7 Å². The van der Waals surface area contributed by atoms with Crippen LogP contribution in [0.5, 0.6) is 0 Å². The first-order valence-electron chi connectivity index (χ1n) is 7.15. The maximum absolute atomic E-state index is 3.73. The maximum atomic E-state index is 3.73. The van der Waals surface area contributed by atoms with Crippen molar-refractivity contribution in [1.82, 2.24) is 0 Å². The third kappa shape index (κ3) is 1.70. The van der Waals surface area contributed by atoms with Gasteiger partial charge >= 0.3 is 0 Å². The fourth-order valence-corrected chi connectivity index (χ4v) is 3.27. The van der Waals surface area contributed by atoms with Crippen molar-refractivity contribution in [1.29, 1.82) is 0 Å². The third-order valence-corrected chi connectivity index (χ3v) is 4.32. The highest BCUT2D eigenvalue weighted by Crippen LogP contribution is 2.39. The monoisotopic (exact) mass is 259 g/mol. The van der Waals surface area contributed by atoms with E-state index in [0.717, 1.165) is 6.42 Å². The first-order chi connectivity index (χ1) is 9.83. The Hall–Kier alpha value is -2.28. The van der Waals surface area contributed by atoms with E-state index in [4.69, 9.17) is 0 Å². The smallest absolute Gasteiger partial charge is 0.0557 e. The molecular formula is C19H17N. The summed E-state index contributed by atoms with van der Waals surface area (Å²) >= 11 is 0. The normalized spacial score (nSPS) is 16.9. The van der Waals surface area contributed by atoms with Gasteiger partial charge in [-0.15, -0.1) is 0 Å². The molecular weight excluding hydrogens is 242 g/mol. The van der Waals surface area contributed by atoms with Crippen LogP contribution in [0.4, 0.5) is 5.69 Å². The molecule has 4 rings (SSSR count). The third-order valence-electron chi connectivity index (χ3n) is 4.32. The lowest BCUT2D eigenvalue weighted by Gasteiger charge is -2.14. The first kappa shape index (κ1) is 11.5. The molecule has 0 saturated carbocycles. The number of anilines is 1. The molecule has 1 atom stereocenters. The highest BCUT2D eigenvalue weighted by atomic mass is 15.0. The standard InChI is InChI=1S/C19H17N/c1-13-6-2-4-8-16(13)18-12-15-11-10-14-7-3-5-9-17(14)19(15)20-18/h2-11,18,20H,12H2,1H3. The molecule has 1 heteroatoms. The summed E-state index contributed by atoms with van der Waals surface area (Å²) in [5.41, 5.74) is 5.52. The molecule has 1 unspecified atom stereocenters. The number of aryl methyl sites for hydroxylation is 1. The largest absolute Gasteiger partial charge is 0.377 e. The lowest BCUT2D eigenvalue weighted by atomic mass is 9.98. The van der Waals surface area contributed by atoms with Gasteiger partial charge in [0.2, 0.25) is 0 Å². The Morgan fingerprint density at radius 2 is 1.70 bits per heavy atom. The molecule has 3 aromatic carbocycles. The number of fused-ring (bicyclic) bond motifs is 3. The maximum Gasteiger partial charge on any atom is 0.0557 e. The van der Waals surface area contributed by atoms with Gasteiger partial charge in [0.05, 0.1) is 6.04 Å². The number of nitrogens with one attached hydrogen (secondary N) is 1. The Kier molecular flexibility index (Phi) is 2.53. The van der Waals surface area contributed by atoms with E-state index in [1.807, 2.05) is 0 Å². The molecule has 98 valence electrons. The van der Waals surface area contributed by atoms with Gasteiger partial charge in [0.15, 0.2) is 0 Å². The summed E-state index contributed by atoms with van der Waals surface area (Å²) in [6, 6.07) is 22.2. The summed E-state index contributed by atoms with van der Waals surface area (Å²) in [7, 11) is 0. The van der Waals surface area contributed by atoms with Crippen molar-refractivity contribution in [3.05, 3.63) is 77.4 Å². The molecule has 1 aliphatic rings. The Morgan fingerprint density at radius 3 is 2.60 bits per heavy atom. The van der Waals surface area contributed by atoms with Crippen LogP contribution in [-0.4, -0.2) is 0 Å². The van der Waals surface area contributed by atoms with Crippen LogP contribution in [0.3, 0.4) is 0 Å². The lowest BCUT2D eigenvalue weighted by Crippen LogP contribution is -2.07. The zero-order valence-corrected chi connectivity index (χ0v) is 11.6. The zero-order chi connectivity index (χ0) is 13.5. The fourth-order valence-electron chi connectivity index (χ4n) is 3.27. The van der Waals surface area contributed by atoms with Crippen LogP contribution in [0.2, 0.25) is 0 Å². The summed E-state index contributed by atoms with van der Waals surface area (Å²) in [6.07, 6.45) is 1.07. The molecule has 0 radical (unpaired) electrons. The van der Waals surface area contributed by atoms with E-state index in [-0.39, 0.29) is 0 Å². The molecule has 3 aromatic rings. The summed E-state index contributed by atoms with van der Waals surface area (Å²) in [4.78, 5) is 0. The van der Waals surface area contributed by atoms with E-state index in [0.29, 0.717) is 6.04 Å². The van der Waals surface area contributed by atoms with Gasteiger partial charge in [0.1, 0.15) is 0 Å². The van der Waals surface area contributed by atoms with E-state index in [2.05, 4.69) is 72.9 Å². The van der Waals surface area contributed by atoms with Gasteiger partial charge in [-0.1, -0.05) is 60.7 Å². The molecule has 20 heavy (non-hydrogen) atoms. The molecule has 0 aliphatic carbocycles. The average Bonchev–Trinajstić information content (AvgIpc) is 2.92. The first-order valence-corrected chi connectivity index (χ1v) is 7.15. The van der Waals surface area contributed by atoms with Gasteiger partial charge in [-0.05, 0) is 35.4 Å². The number of rotatable bonds is 1. The molecule has 0 bridgehead atoms. The molecule has 0 spiro atoms.